The average molecular weight is 479 g/mol. The first kappa shape index (κ1) is 22.7. The molecule has 1 aliphatic rings. The predicted molar refractivity (Wildman–Crippen MR) is 121 cm³/mol. The molecule has 10 heteroatoms. The van der Waals surface area contributed by atoms with Gasteiger partial charge in [-0.1, -0.05) is 23.2 Å². The lowest BCUT2D eigenvalue weighted by molar-refractivity contribution is 0.0284. The summed E-state index contributed by atoms with van der Waals surface area (Å²) in [5, 5.41) is 13.8. The van der Waals surface area contributed by atoms with E-state index in [-0.39, 0.29) is 24.7 Å². The van der Waals surface area contributed by atoms with E-state index in [1.165, 1.54) is 10.6 Å². The fraction of sp³-hybridized carbons (Fsp3) is 0.318. The molecular weight excluding hydrogens is 458 g/mol. The molecule has 1 fully saturated rings. The number of anilines is 1. The minimum atomic E-state index is -1.14. The van der Waals surface area contributed by atoms with Crippen LogP contribution in [-0.2, 0) is 4.74 Å². The van der Waals surface area contributed by atoms with Crippen LogP contribution in [0.4, 0.5) is 10.3 Å². The minimum Gasteiger partial charge on any atom is -0.394 e. The second kappa shape index (κ2) is 9.95. The monoisotopic (exact) mass is 478 g/mol. The lowest BCUT2D eigenvalue weighted by atomic mass is 10.1. The van der Waals surface area contributed by atoms with Crippen molar-refractivity contribution in [3.05, 3.63) is 74.8 Å². The lowest BCUT2D eigenvalue weighted by Gasteiger charge is -2.26. The second-order valence-corrected chi connectivity index (χ2v) is 8.33. The van der Waals surface area contributed by atoms with Gasteiger partial charge in [-0.15, -0.1) is 0 Å². The van der Waals surface area contributed by atoms with Crippen molar-refractivity contribution in [3.8, 4) is 11.3 Å². The van der Waals surface area contributed by atoms with Crippen LogP contribution in [0.5, 0.6) is 0 Å². The summed E-state index contributed by atoms with van der Waals surface area (Å²) >= 11 is 12.1. The number of benzene rings is 1. The number of hydrogen-bond acceptors (Lipinski definition) is 6. The van der Waals surface area contributed by atoms with Crippen molar-refractivity contribution in [2.75, 3.05) is 25.1 Å². The van der Waals surface area contributed by atoms with E-state index >= 15 is 0 Å². The first-order valence-corrected chi connectivity index (χ1v) is 10.8. The van der Waals surface area contributed by atoms with Gasteiger partial charge in [0, 0.05) is 40.7 Å². The summed E-state index contributed by atoms with van der Waals surface area (Å²) in [5.74, 6) is 0.281. The highest BCUT2D eigenvalue weighted by Crippen LogP contribution is 2.26. The zero-order chi connectivity index (χ0) is 22.7. The maximum atomic E-state index is 14.0. The van der Waals surface area contributed by atoms with Crippen LogP contribution in [-0.4, -0.2) is 51.7 Å². The molecule has 1 saturated heterocycles. The molecular formula is C22H21Cl2FN4O3. The number of aliphatic hydroxyl groups is 1. The van der Waals surface area contributed by atoms with Crippen molar-refractivity contribution < 1.29 is 14.2 Å². The third-order valence-corrected chi connectivity index (χ3v) is 5.72. The van der Waals surface area contributed by atoms with Gasteiger partial charge < -0.3 is 19.7 Å². The van der Waals surface area contributed by atoms with Crippen molar-refractivity contribution in [2.24, 2.45) is 0 Å². The van der Waals surface area contributed by atoms with Crippen molar-refractivity contribution in [3.63, 3.8) is 0 Å². The number of aliphatic hydroxyl groups excluding tert-OH is 1. The Hall–Kier alpha value is -2.52. The minimum absolute atomic E-state index is 0.0411. The molecule has 2 N–H and O–H groups in total. The predicted octanol–water partition coefficient (Wildman–Crippen LogP) is 3.73. The van der Waals surface area contributed by atoms with Gasteiger partial charge in [-0.05, 0) is 42.3 Å². The zero-order valence-corrected chi connectivity index (χ0v) is 18.4. The fourth-order valence-electron chi connectivity index (χ4n) is 3.65. The van der Waals surface area contributed by atoms with Crippen LogP contribution in [0.2, 0.25) is 10.0 Å². The van der Waals surface area contributed by atoms with E-state index in [4.69, 9.17) is 27.9 Å². The largest absolute Gasteiger partial charge is 0.394 e. The van der Waals surface area contributed by atoms with Crippen LogP contribution in [0.25, 0.3) is 11.3 Å². The SMILES string of the molecule is O=c1cc(-c2ccnc(N[C@@H]3CCOC[C@H]3F)n2)ccn1[C@H](CO)c1cc(Cl)cc(Cl)c1. The Morgan fingerprint density at radius 2 is 2.03 bits per heavy atom. The first-order chi connectivity index (χ1) is 15.4. The third kappa shape index (κ3) is 5.10. The molecule has 3 atom stereocenters. The molecule has 32 heavy (non-hydrogen) atoms. The molecule has 1 aromatic carbocycles. The van der Waals surface area contributed by atoms with Crippen LogP contribution in [0.1, 0.15) is 18.0 Å². The van der Waals surface area contributed by atoms with E-state index in [9.17, 15) is 14.3 Å². The van der Waals surface area contributed by atoms with Gasteiger partial charge in [-0.3, -0.25) is 4.79 Å². The molecule has 1 aliphatic heterocycles. The maximum Gasteiger partial charge on any atom is 0.251 e. The number of nitrogens with one attached hydrogen (secondary N) is 1. The Bertz CT molecular complexity index is 1140. The van der Waals surface area contributed by atoms with Gasteiger partial charge in [0.05, 0.1) is 31.0 Å². The Morgan fingerprint density at radius 3 is 2.72 bits per heavy atom. The summed E-state index contributed by atoms with van der Waals surface area (Å²) in [6.07, 6.45) is 2.50. The highest BCUT2D eigenvalue weighted by molar-refractivity contribution is 6.34. The normalized spacial score (nSPS) is 19.5. The van der Waals surface area contributed by atoms with Gasteiger partial charge in [-0.2, -0.15) is 0 Å². The number of aromatic nitrogens is 3. The summed E-state index contributed by atoms with van der Waals surface area (Å²) in [6.45, 7) is 0.201. The molecule has 0 amide bonds. The molecule has 0 unspecified atom stereocenters. The summed E-state index contributed by atoms with van der Waals surface area (Å²) in [6, 6.07) is 8.63. The molecule has 0 saturated carbocycles. The van der Waals surface area contributed by atoms with Gasteiger partial charge >= 0.3 is 0 Å². The van der Waals surface area contributed by atoms with Gasteiger partial charge in [-0.25, -0.2) is 14.4 Å². The summed E-state index contributed by atoms with van der Waals surface area (Å²) < 4.78 is 20.5. The number of alkyl halides is 1. The van der Waals surface area contributed by atoms with Crippen LogP contribution < -0.4 is 10.9 Å². The number of nitrogens with zero attached hydrogens (tertiary/aromatic N) is 3. The smallest absolute Gasteiger partial charge is 0.251 e. The van der Waals surface area contributed by atoms with Crippen molar-refractivity contribution in [1.29, 1.82) is 0 Å². The van der Waals surface area contributed by atoms with E-state index in [1.807, 2.05) is 0 Å². The number of pyridine rings is 1. The number of ether oxygens (including phenoxy) is 1. The van der Waals surface area contributed by atoms with Crippen molar-refractivity contribution >= 4 is 29.2 Å². The Balaban J connectivity index is 1.60. The van der Waals surface area contributed by atoms with Gasteiger partial charge in [0.1, 0.15) is 6.17 Å². The molecule has 0 spiro atoms. The number of rotatable bonds is 6. The molecule has 3 aromatic rings. The Kier molecular flexibility index (Phi) is 7.05. The maximum absolute atomic E-state index is 14.0. The molecule has 0 bridgehead atoms. The van der Waals surface area contributed by atoms with Gasteiger partial charge in [0.2, 0.25) is 5.95 Å². The summed E-state index contributed by atoms with van der Waals surface area (Å²) in [7, 11) is 0. The van der Waals surface area contributed by atoms with Gasteiger partial charge in [0.25, 0.3) is 5.56 Å². The van der Waals surface area contributed by atoms with Crippen LogP contribution >= 0.6 is 23.2 Å². The van der Waals surface area contributed by atoms with E-state index < -0.39 is 18.3 Å². The molecule has 168 valence electrons. The zero-order valence-electron chi connectivity index (χ0n) is 16.9. The van der Waals surface area contributed by atoms with E-state index in [1.54, 1.807) is 42.7 Å². The van der Waals surface area contributed by atoms with Gasteiger partial charge in [0.15, 0.2) is 0 Å². The topological polar surface area (TPSA) is 89.3 Å². The highest BCUT2D eigenvalue weighted by Gasteiger charge is 2.26. The molecule has 3 heterocycles. The summed E-state index contributed by atoms with van der Waals surface area (Å²) in [5.41, 5.74) is 1.37. The molecule has 0 radical (unpaired) electrons. The Labute approximate surface area is 193 Å². The average Bonchev–Trinajstić information content (AvgIpc) is 2.76. The van der Waals surface area contributed by atoms with E-state index in [2.05, 4.69) is 15.3 Å². The highest BCUT2D eigenvalue weighted by atomic mass is 35.5. The lowest BCUT2D eigenvalue weighted by Crippen LogP contribution is -2.39. The third-order valence-electron chi connectivity index (χ3n) is 5.28. The van der Waals surface area contributed by atoms with Crippen LogP contribution in [0.15, 0.2) is 53.6 Å². The van der Waals surface area contributed by atoms with Crippen molar-refractivity contribution in [1.82, 2.24) is 14.5 Å². The number of hydrogen-bond donors (Lipinski definition) is 2. The second-order valence-electron chi connectivity index (χ2n) is 7.46. The molecule has 0 aliphatic carbocycles. The first-order valence-electron chi connectivity index (χ1n) is 10.1. The standard InChI is InChI=1S/C22H21Cl2FN4O3/c23-15-7-14(8-16(24)10-15)20(11-30)29-5-2-13(9-21(29)31)18-1-4-26-22(27-18)28-19-3-6-32-12-17(19)25/h1-2,4-5,7-10,17,19-20,30H,3,6,11-12H2,(H,26,27,28)/t17-,19-,20-/m1/s1. The molecule has 2 aromatic heterocycles. The quantitative estimate of drug-likeness (QED) is 0.560. The van der Waals surface area contributed by atoms with Crippen molar-refractivity contribution in [2.45, 2.75) is 24.7 Å². The fourth-order valence-corrected chi connectivity index (χ4v) is 4.19. The summed E-state index contributed by atoms with van der Waals surface area (Å²) in [4.78, 5) is 21.5. The number of halogens is 3. The Morgan fingerprint density at radius 1 is 1.25 bits per heavy atom. The molecule has 7 nitrogen and oxygen atoms in total. The van der Waals surface area contributed by atoms with Crippen LogP contribution in [0.3, 0.4) is 0 Å². The molecule has 4 rings (SSSR count). The van der Waals surface area contributed by atoms with E-state index in [0.717, 1.165) is 0 Å². The van der Waals surface area contributed by atoms with E-state index in [0.29, 0.717) is 39.9 Å². The van der Waals surface area contributed by atoms with Crippen LogP contribution in [0, 0.1) is 0 Å².